The van der Waals surface area contributed by atoms with Crippen LogP contribution in [0.25, 0.3) is 0 Å². The second-order valence-corrected chi connectivity index (χ2v) is 6.93. The minimum Gasteiger partial charge on any atom is -0.336 e. The molecule has 0 aromatic heterocycles. The van der Waals surface area contributed by atoms with E-state index in [1.807, 2.05) is 6.92 Å². The summed E-state index contributed by atoms with van der Waals surface area (Å²) in [5, 5.41) is 5.19. The summed E-state index contributed by atoms with van der Waals surface area (Å²) >= 11 is 0. The fourth-order valence-corrected chi connectivity index (χ4v) is 3.40. The molecule has 2 unspecified atom stereocenters. The number of carbonyl (C=O) groups is 1. The Hall–Kier alpha value is -1.40. The molecule has 20 heavy (non-hydrogen) atoms. The van der Waals surface area contributed by atoms with Crippen LogP contribution in [0.1, 0.15) is 37.0 Å². The van der Waals surface area contributed by atoms with E-state index in [0.29, 0.717) is 12.5 Å². The molecule has 1 aromatic carbocycles. The average Bonchev–Trinajstić information content (AvgIpc) is 2.40. The number of hydrogen-bond acceptors (Lipinski definition) is 3. The van der Waals surface area contributed by atoms with E-state index < -0.39 is 10.0 Å². The van der Waals surface area contributed by atoms with Gasteiger partial charge in [0.1, 0.15) is 0 Å². The number of carbonyl (C=O) groups excluding carboxylic acids is 1. The molecule has 1 fully saturated rings. The van der Waals surface area contributed by atoms with E-state index in [-0.39, 0.29) is 22.4 Å². The molecule has 1 aliphatic rings. The minimum atomic E-state index is -3.90. The molecule has 5 nitrogen and oxygen atoms in total. The van der Waals surface area contributed by atoms with Crippen LogP contribution in [0.2, 0.25) is 0 Å². The highest BCUT2D eigenvalue weighted by molar-refractivity contribution is 7.89. The lowest BCUT2D eigenvalue weighted by Crippen LogP contribution is -2.46. The van der Waals surface area contributed by atoms with E-state index in [1.54, 1.807) is 17.0 Å². The minimum absolute atomic E-state index is 0.101. The summed E-state index contributed by atoms with van der Waals surface area (Å²) in [6.07, 6.45) is 2.02. The topological polar surface area (TPSA) is 80.5 Å². The van der Waals surface area contributed by atoms with Gasteiger partial charge in [-0.15, -0.1) is 0 Å². The van der Waals surface area contributed by atoms with Crippen molar-refractivity contribution in [3.63, 3.8) is 0 Å². The summed E-state index contributed by atoms with van der Waals surface area (Å²) in [5.41, 5.74) is 0.163. The van der Waals surface area contributed by atoms with Gasteiger partial charge >= 0.3 is 0 Å². The van der Waals surface area contributed by atoms with Gasteiger partial charge in [0.15, 0.2) is 0 Å². The molecule has 2 N–H and O–H groups in total. The number of benzene rings is 1. The van der Waals surface area contributed by atoms with E-state index in [4.69, 9.17) is 5.14 Å². The zero-order chi connectivity index (χ0) is 14.9. The van der Waals surface area contributed by atoms with Crippen molar-refractivity contribution in [3.05, 3.63) is 29.8 Å². The smallest absolute Gasteiger partial charge is 0.255 e. The van der Waals surface area contributed by atoms with Crippen LogP contribution >= 0.6 is 0 Å². The van der Waals surface area contributed by atoms with Gasteiger partial charge < -0.3 is 4.90 Å². The third-order valence-electron chi connectivity index (χ3n) is 4.06. The summed E-state index contributed by atoms with van der Waals surface area (Å²) in [6, 6.07) is 6.22. The molecule has 2 atom stereocenters. The number of nitrogens with zero attached hydrogens (tertiary/aromatic N) is 1. The number of nitrogens with two attached hydrogens (primary N) is 1. The zero-order valence-corrected chi connectivity index (χ0v) is 12.6. The Morgan fingerprint density at radius 3 is 2.60 bits per heavy atom. The van der Waals surface area contributed by atoms with Crippen molar-refractivity contribution >= 4 is 15.9 Å². The first-order valence-electron chi connectivity index (χ1n) is 6.75. The third-order valence-corrected chi connectivity index (χ3v) is 5.03. The van der Waals surface area contributed by atoms with Gasteiger partial charge in [0, 0.05) is 12.6 Å². The summed E-state index contributed by atoms with van der Waals surface area (Å²) in [6.45, 7) is 4.76. The molecule has 2 rings (SSSR count). The van der Waals surface area contributed by atoms with Gasteiger partial charge in [-0.1, -0.05) is 19.1 Å². The fourth-order valence-electron chi connectivity index (χ4n) is 2.67. The van der Waals surface area contributed by atoms with Crippen LogP contribution in [-0.4, -0.2) is 31.8 Å². The van der Waals surface area contributed by atoms with Crippen molar-refractivity contribution < 1.29 is 13.2 Å². The van der Waals surface area contributed by atoms with E-state index >= 15 is 0 Å². The van der Waals surface area contributed by atoms with Gasteiger partial charge in [-0.3, -0.25) is 4.79 Å². The van der Waals surface area contributed by atoms with Crippen molar-refractivity contribution in [1.82, 2.24) is 4.90 Å². The van der Waals surface area contributed by atoms with Crippen LogP contribution < -0.4 is 5.14 Å². The predicted octanol–water partition coefficient (Wildman–Crippen LogP) is 1.59. The number of rotatable bonds is 2. The second kappa shape index (κ2) is 5.54. The Labute approximate surface area is 119 Å². The fraction of sp³-hybridized carbons (Fsp3) is 0.500. The first kappa shape index (κ1) is 15.0. The molecule has 0 spiro atoms. The molecule has 1 heterocycles. The van der Waals surface area contributed by atoms with E-state index in [2.05, 4.69) is 6.92 Å². The van der Waals surface area contributed by atoms with E-state index in [1.165, 1.54) is 12.1 Å². The Kier molecular flexibility index (Phi) is 4.15. The molecular weight excluding hydrogens is 276 g/mol. The molecule has 1 amide bonds. The lowest BCUT2D eigenvalue weighted by Gasteiger charge is -2.38. The Bertz CT molecular complexity index is 613. The number of likely N-dealkylation sites (tertiary alicyclic amines) is 1. The summed E-state index contributed by atoms with van der Waals surface area (Å²) in [5.74, 6) is 0.156. The van der Waals surface area contributed by atoms with Crippen LogP contribution in [0.5, 0.6) is 0 Å². The SMILES string of the molecule is CC1CCCN(C(=O)c2ccccc2S(N)(=O)=O)C1C. The molecule has 6 heteroatoms. The third kappa shape index (κ3) is 2.86. The first-order valence-corrected chi connectivity index (χ1v) is 8.30. The number of sulfonamides is 1. The van der Waals surface area contributed by atoms with Crippen molar-refractivity contribution in [1.29, 1.82) is 0 Å². The lowest BCUT2D eigenvalue weighted by atomic mass is 9.91. The number of piperidine rings is 1. The summed E-state index contributed by atoms with van der Waals surface area (Å²) in [4.78, 5) is 14.3. The largest absolute Gasteiger partial charge is 0.336 e. The standard InChI is InChI=1S/C14H20N2O3S/c1-10-6-5-9-16(11(10)2)14(17)12-7-3-4-8-13(12)20(15,18)19/h3-4,7-8,10-11H,5-6,9H2,1-2H3,(H2,15,18,19). The van der Waals surface area contributed by atoms with Gasteiger partial charge in [-0.25, -0.2) is 13.6 Å². The maximum absolute atomic E-state index is 12.6. The lowest BCUT2D eigenvalue weighted by molar-refractivity contribution is 0.0547. The molecular formula is C14H20N2O3S. The van der Waals surface area contributed by atoms with Gasteiger partial charge in [0.05, 0.1) is 10.5 Å². The molecule has 110 valence electrons. The molecule has 1 saturated heterocycles. The molecule has 1 aromatic rings. The summed E-state index contributed by atoms with van der Waals surface area (Å²) in [7, 11) is -3.90. The van der Waals surface area contributed by atoms with Crippen molar-refractivity contribution in [2.45, 2.75) is 37.6 Å². The van der Waals surface area contributed by atoms with Gasteiger partial charge in [-0.2, -0.15) is 0 Å². The maximum atomic E-state index is 12.6. The predicted molar refractivity (Wildman–Crippen MR) is 76.7 cm³/mol. The highest BCUT2D eigenvalue weighted by atomic mass is 32.2. The normalized spacial score (nSPS) is 23.6. The van der Waals surface area contributed by atoms with E-state index in [9.17, 15) is 13.2 Å². The molecule has 0 bridgehead atoms. The number of primary sulfonamides is 1. The van der Waals surface area contributed by atoms with Gasteiger partial charge in [0.2, 0.25) is 10.0 Å². The highest BCUT2D eigenvalue weighted by Crippen LogP contribution is 2.26. The Balaban J connectivity index is 2.39. The zero-order valence-electron chi connectivity index (χ0n) is 11.7. The first-order chi connectivity index (χ1) is 9.32. The molecule has 0 radical (unpaired) electrons. The van der Waals surface area contributed by atoms with Crippen LogP contribution in [0.15, 0.2) is 29.2 Å². The molecule has 1 aliphatic heterocycles. The quantitative estimate of drug-likeness (QED) is 0.900. The monoisotopic (exact) mass is 296 g/mol. The van der Waals surface area contributed by atoms with Crippen molar-refractivity contribution in [3.8, 4) is 0 Å². The number of hydrogen-bond donors (Lipinski definition) is 1. The van der Waals surface area contributed by atoms with Crippen LogP contribution in [0.3, 0.4) is 0 Å². The Morgan fingerprint density at radius 2 is 1.95 bits per heavy atom. The van der Waals surface area contributed by atoms with Crippen LogP contribution in [0.4, 0.5) is 0 Å². The van der Waals surface area contributed by atoms with Crippen molar-refractivity contribution in [2.24, 2.45) is 11.1 Å². The van der Waals surface area contributed by atoms with E-state index in [0.717, 1.165) is 12.8 Å². The average molecular weight is 296 g/mol. The second-order valence-electron chi connectivity index (χ2n) is 5.40. The summed E-state index contributed by atoms with van der Waals surface area (Å²) < 4.78 is 23.2. The van der Waals surface area contributed by atoms with Crippen LogP contribution in [-0.2, 0) is 10.0 Å². The molecule has 0 aliphatic carbocycles. The van der Waals surface area contributed by atoms with Gasteiger partial charge in [0.25, 0.3) is 5.91 Å². The maximum Gasteiger partial charge on any atom is 0.255 e. The number of amides is 1. The van der Waals surface area contributed by atoms with Crippen LogP contribution in [0, 0.1) is 5.92 Å². The van der Waals surface area contributed by atoms with Crippen molar-refractivity contribution in [2.75, 3.05) is 6.54 Å². The Morgan fingerprint density at radius 1 is 1.30 bits per heavy atom. The highest BCUT2D eigenvalue weighted by Gasteiger charge is 2.31. The molecule has 0 saturated carbocycles. The van der Waals surface area contributed by atoms with Gasteiger partial charge in [-0.05, 0) is 37.8 Å².